The highest BCUT2D eigenvalue weighted by atomic mass is 16.3. The van der Waals surface area contributed by atoms with E-state index in [1.165, 1.54) is 18.0 Å². The first kappa shape index (κ1) is 17.1. The first-order valence-electron chi connectivity index (χ1n) is 9.04. The molecule has 26 heavy (non-hydrogen) atoms. The molecule has 3 atom stereocenters. The summed E-state index contributed by atoms with van der Waals surface area (Å²) in [5.74, 6) is 0.594. The first-order chi connectivity index (χ1) is 12.5. The van der Waals surface area contributed by atoms with Gasteiger partial charge in [-0.05, 0) is 30.2 Å². The molecule has 1 saturated carbocycles. The fourth-order valence-electron chi connectivity index (χ4n) is 4.56. The Bertz CT molecular complexity index is 765. The quantitative estimate of drug-likeness (QED) is 0.796. The molecule has 1 aromatic carbocycles. The van der Waals surface area contributed by atoms with Crippen LogP contribution >= 0.6 is 0 Å². The first-order valence-corrected chi connectivity index (χ1v) is 9.04. The molecule has 6 nitrogen and oxygen atoms in total. The van der Waals surface area contributed by atoms with Crippen molar-refractivity contribution in [3.63, 3.8) is 0 Å². The van der Waals surface area contributed by atoms with Crippen LogP contribution in [0.2, 0.25) is 0 Å². The van der Waals surface area contributed by atoms with Crippen LogP contribution in [-0.4, -0.2) is 56.1 Å². The van der Waals surface area contributed by atoms with Gasteiger partial charge in [-0.2, -0.15) is 0 Å². The molecule has 1 aliphatic heterocycles. The summed E-state index contributed by atoms with van der Waals surface area (Å²) in [5, 5.41) is 20.2. The Labute approximate surface area is 152 Å². The summed E-state index contributed by atoms with van der Waals surface area (Å²) in [4.78, 5) is 22.1. The van der Waals surface area contributed by atoms with E-state index in [2.05, 4.69) is 27.0 Å². The number of fused-ring (bicyclic) bond motifs is 1. The van der Waals surface area contributed by atoms with Crippen LogP contribution in [0.3, 0.4) is 0 Å². The van der Waals surface area contributed by atoms with Gasteiger partial charge >= 0.3 is 0 Å². The largest absolute Gasteiger partial charge is 0.492 e. The Hall–Kier alpha value is -2.31. The highest BCUT2D eigenvalue weighted by Gasteiger charge is 2.48. The van der Waals surface area contributed by atoms with Crippen LogP contribution in [0.4, 0.5) is 0 Å². The third-order valence-corrected chi connectivity index (χ3v) is 5.60. The molecule has 1 aromatic heterocycles. The van der Waals surface area contributed by atoms with Crippen LogP contribution in [-0.2, 0) is 6.42 Å². The lowest BCUT2D eigenvalue weighted by Crippen LogP contribution is -2.34. The van der Waals surface area contributed by atoms with Crippen LogP contribution in [0.1, 0.15) is 28.9 Å². The maximum Gasteiger partial charge on any atom is 0.229 e. The number of benzene rings is 1. The van der Waals surface area contributed by atoms with Gasteiger partial charge in [-0.25, -0.2) is 9.97 Å². The maximum absolute atomic E-state index is 12.3. The predicted molar refractivity (Wildman–Crippen MR) is 95.8 cm³/mol. The second-order valence-electron chi connectivity index (χ2n) is 7.69. The molecule has 6 heteroatoms. The maximum atomic E-state index is 12.3. The fraction of sp³-hybridized carbons (Fsp3) is 0.450. The number of Topliss-reactive ketones (excluding diaryl/α,β-unsaturated/α-hetero) is 1. The Balaban J connectivity index is 1.33. The molecular weight excluding hydrogens is 330 g/mol. The number of ketones is 1. The van der Waals surface area contributed by atoms with Gasteiger partial charge in [-0.1, -0.05) is 30.3 Å². The molecular formula is C20H23N3O3. The van der Waals surface area contributed by atoms with Crippen molar-refractivity contribution in [2.24, 2.45) is 11.8 Å². The molecule has 2 aromatic rings. The van der Waals surface area contributed by atoms with E-state index in [0.29, 0.717) is 24.8 Å². The fourth-order valence-corrected chi connectivity index (χ4v) is 4.56. The van der Waals surface area contributed by atoms with Crippen molar-refractivity contribution in [3.05, 3.63) is 54.0 Å². The molecule has 1 saturated heterocycles. The minimum Gasteiger partial charge on any atom is -0.492 e. The van der Waals surface area contributed by atoms with Crippen LogP contribution < -0.4 is 0 Å². The lowest BCUT2D eigenvalue weighted by atomic mass is 9.91. The standard InChI is InChI=1S/C20H23N3O3/c24-18(17-9-22-19(25)10-21-17)13-23-11-15-7-20(26,8-16(15)12-23)6-14-4-2-1-3-5-14/h1-5,9-10,15-16,26H,6-8,11-13H2,(H,22,25)/t15-,16+,20?. The van der Waals surface area contributed by atoms with Crippen LogP contribution in [0.15, 0.2) is 42.7 Å². The topological polar surface area (TPSA) is 86.6 Å². The van der Waals surface area contributed by atoms with E-state index in [1.807, 2.05) is 18.2 Å². The van der Waals surface area contributed by atoms with Gasteiger partial charge in [-0.15, -0.1) is 0 Å². The zero-order valence-corrected chi connectivity index (χ0v) is 14.6. The van der Waals surface area contributed by atoms with Gasteiger partial charge in [0, 0.05) is 19.5 Å². The monoisotopic (exact) mass is 353 g/mol. The molecule has 0 spiro atoms. The van der Waals surface area contributed by atoms with E-state index in [0.717, 1.165) is 25.9 Å². The number of hydrogen-bond donors (Lipinski definition) is 2. The molecule has 2 fully saturated rings. The number of nitrogens with zero attached hydrogens (tertiary/aromatic N) is 3. The summed E-state index contributed by atoms with van der Waals surface area (Å²) >= 11 is 0. The van der Waals surface area contributed by atoms with E-state index < -0.39 is 5.60 Å². The Morgan fingerprint density at radius 1 is 1.12 bits per heavy atom. The third kappa shape index (κ3) is 3.61. The summed E-state index contributed by atoms with van der Waals surface area (Å²) in [7, 11) is 0. The number of likely N-dealkylation sites (tertiary alicyclic amines) is 1. The van der Waals surface area contributed by atoms with Gasteiger partial charge in [0.15, 0.2) is 5.78 Å². The molecule has 136 valence electrons. The lowest BCUT2D eigenvalue weighted by Gasteiger charge is -2.26. The number of aromatic nitrogens is 2. The van der Waals surface area contributed by atoms with Crippen molar-refractivity contribution in [1.29, 1.82) is 0 Å². The Morgan fingerprint density at radius 3 is 2.42 bits per heavy atom. The number of rotatable bonds is 5. The molecule has 2 aliphatic rings. The van der Waals surface area contributed by atoms with Crippen molar-refractivity contribution in [1.82, 2.24) is 14.9 Å². The summed E-state index contributed by atoms with van der Waals surface area (Å²) in [6.45, 7) is 1.97. The van der Waals surface area contributed by atoms with Crippen molar-refractivity contribution < 1.29 is 15.0 Å². The summed E-state index contributed by atoms with van der Waals surface area (Å²) in [6, 6.07) is 10.1. The van der Waals surface area contributed by atoms with Crippen LogP contribution in [0, 0.1) is 11.8 Å². The molecule has 1 aliphatic carbocycles. The summed E-state index contributed by atoms with van der Waals surface area (Å²) in [5.41, 5.74) is 0.822. The summed E-state index contributed by atoms with van der Waals surface area (Å²) < 4.78 is 0. The van der Waals surface area contributed by atoms with Gasteiger partial charge < -0.3 is 10.2 Å². The van der Waals surface area contributed by atoms with E-state index in [4.69, 9.17) is 5.11 Å². The number of carbonyl (C=O) groups is 1. The predicted octanol–water partition coefficient (Wildman–Crippen LogP) is 1.68. The SMILES string of the molecule is O=C(CN1C[C@@H]2CC(O)(Cc3ccccc3)C[C@@H]2C1)c1cnc(O)cn1. The number of hydrogen-bond acceptors (Lipinski definition) is 6. The number of aliphatic hydroxyl groups is 1. The van der Waals surface area contributed by atoms with E-state index in [-0.39, 0.29) is 17.4 Å². The average molecular weight is 353 g/mol. The smallest absolute Gasteiger partial charge is 0.229 e. The highest BCUT2D eigenvalue weighted by molar-refractivity contribution is 5.95. The van der Waals surface area contributed by atoms with E-state index >= 15 is 0 Å². The zero-order valence-electron chi connectivity index (χ0n) is 14.6. The lowest BCUT2D eigenvalue weighted by molar-refractivity contribution is 0.0355. The Morgan fingerprint density at radius 2 is 1.81 bits per heavy atom. The van der Waals surface area contributed by atoms with Gasteiger partial charge in [0.2, 0.25) is 5.88 Å². The third-order valence-electron chi connectivity index (χ3n) is 5.60. The molecule has 0 amide bonds. The van der Waals surface area contributed by atoms with Gasteiger partial charge in [-0.3, -0.25) is 9.69 Å². The molecule has 2 heterocycles. The number of carbonyl (C=O) groups excluding carboxylic acids is 1. The van der Waals surface area contributed by atoms with Crippen LogP contribution in [0.5, 0.6) is 5.88 Å². The highest BCUT2D eigenvalue weighted by Crippen LogP contribution is 2.45. The van der Waals surface area contributed by atoms with Crippen molar-refractivity contribution in [2.75, 3.05) is 19.6 Å². The van der Waals surface area contributed by atoms with Gasteiger partial charge in [0.05, 0.1) is 24.5 Å². The van der Waals surface area contributed by atoms with Crippen molar-refractivity contribution >= 4 is 5.78 Å². The average Bonchev–Trinajstić information content (AvgIpc) is 3.10. The minimum absolute atomic E-state index is 0.0861. The number of aromatic hydroxyl groups is 1. The van der Waals surface area contributed by atoms with Crippen LogP contribution in [0.25, 0.3) is 0 Å². The zero-order chi connectivity index (χ0) is 18.1. The van der Waals surface area contributed by atoms with Crippen molar-refractivity contribution in [2.45, 2.75) is 24.9 Å². The van der Waals surface area contributed by atoms with Crippen molar-refractivity contribution in [3.8, 4) is 5.88 Å². The molecule has 4 rings (SSSR count). The second kappa shape index (κ2) is 6.78. The minimum atomic E-state index is -0.630. The van der Waals surface area contributed by atoms with E-state index in [9.17, 15) is 9.90 Å². The molecule has 1 unspecified atom stereocenters. The Kier molecular flexibility index (Phi) is 4.46. The van der Waals surface area contributed by atoms with Gasteiger partial charge in [0.1, 0.15) is 5.69 Å². The normalized spacial score (nSPS) is 28.2. The van der Waals surface area contributed by atoms with E-state index in [1.54, 1.807) is 0 Å². The molecule has 0 bridgehead atoms. The molecule has 2 N–H and O–H groups in total. The van der Waals surface area contributed by atoms with Gasteiger partial charge in [0.25, 0.3) is 0 Å². The second-order valence-corrected chi connectivity index (χ2v) is 7.69. The molecule has 0 radical (unpaired) electrons. The summed E-state index contributed by atoms with van der Waals surface area (Å²) in [6.07, 6.45) is 4.78.